The largest absolute Gasteiger partial charge is 0.369 e. The molecule has 0 bridgehead atoms. The average molecular weight is 360 g/mol. The predicted molar refractivity (Wildman–Crippen MR) is 89.1 cm³/mol. The van der Waals surface area contributed by atoms with Gasteiger partial charge in [0.25, 0.3) is 0 Å². The van der Waals surface area contributed by atoms with Gasteiger partial charge in [-0.2, -0.15) is 0 Å². The minimum absolute atomic E-state index is 0.0332. The lowest BCUT2D eigenvalue weighted by atomic mass is 10.0. The zero-order chi connectivity index (χ0) is 18.3. The van der Waals surface area contributed by atoms with Crippen molar-refractivity contribution in [1.29, 1.82) is 0 Å². The van der Waals surface area contributed by atoms with Crippen molar-refractivity contribution in [2.45, 2.75) is 45.6 Å². The molecule has 1 heterocycles. The highest BCUT2D eigenvalue weighted by Gasteiger charge is 2.38. The third kappa shape index (κ3) is 5.55. The first-order valence-corrected chi connectivity index (χ1v) is 9.73. The number of primary amides is 1. The van der Waals surface area contributed by atoms with E-state index in [1.807, 2.05) is 0 Å². The van der Waals surface area contributed by atoms with Crippen LogP contribution >= 0.6 is 0 Å². The highest BCUT2D eigenvalue weighted by atomic mass is 32.2. The molecule has 0 saturated carbocycles. The second-order valence-corrected chi connectivity index (χ2v) is 7.96. The third-order valence-electron chi connectivity index (χ3n) is 3.90. The lowest BCUT2D eigenvalue weighted by Gasteiger charge is -2.29. The van der Waals surface area contributed by atoms with Gasteiger partial charge in [-0.15, -0.1) is 0 Å². The van der Waals surface area contributed by atoms with Crippen LogP contribution in [0.2, 0.25) is 0 Å². The van der Waals surface area contributed by atoms with Gasteiger partial charge in [0.2, 0.25) is 21.8 Å². The van der Waals surface area contributed by atoms with Crippen molar-refractivity contribution < 1.29 is 22.8 Å². The number of hydrogen-bond acceptors (Lipinski definition) is 6. The molecule has 1 saturated heterocycles. The van der Waals surface area contributed by atoms with Crippen molar-refractivity contribution >= 4 is 27.6 Å². The molecule has 2 amide bonds. The van der Waals surface area contributed by atoms with Crippen molar-refractivity contribution in [2.24, 2.45) is 11.7 Å². The van der Waals surface area contributed by atoms with Crippen LogP contribution in [0.3, 0.4) is 0 Å². The van der Waals surface area contributed by atoms with E-state index in [0.29, 0.717) is 30.1 Å². The fourth-order valence-electron chi connectivity index (χ4n) is 2.48. The molecule has 137 valence electrons. The van der Waals surface area contributed by atoms with E-state index in [1.165, 1.54) is 0 Å². The predicted octanol–water partition coefficient (Wildman–Crippen LogP) is -0.408. The molecule has 1 rings (SSSR count). The summed E-state index contributed by atoms with van der Waals surface area (Å²) in [5.74, 6) is -2.46. The SMILES string of the molecule is CCCS(=O)(=O)N(C(=O)[CH]CC(C)C(N)=O)[C@H]1CCCNCC1=O. The van der Waals surface area contributed by atoms with Crippen LogP contribution in [0.5, 0.6) is 0 Å². The molecule has 1 aliphatic heterocycles. The van der Waals surface area contributed by atoms with E-state index in [4.69, 9.17) is 5.73 Å². The molecule has 1 aliphatic rings. The van der Waals surface area contributed by atoms with Gasteiger partial charge in [0.15, 0.2) is 5.78 Å². The number of sulfonamides is 1. The lowest BCUT2D eigenvalue weighted by molar-refractivity contribution is -0.131. The number of nitrogens with one attached hydrogen (secondary N) is 1. The minimum atomic E-state index is -3.90. The maximum absolute atomic E-state index is 12.5. The quantitative estimate of drug-likeness (QED) is 0.606. The zero-order valence-corrected chi connectivity index (χ0v) is 15.0. The molecule has 2 atom stereocenters. The van der Waals surface area contributed by atoms with Gasteiger partial charge in [-0.3, -0.25) is 14.4 Å². The van der Waals surface area contributed by atoms with Crippen LogP contribution in [-0.2, 0) is 24.4 Å². The number of rotatable bonds is 8. The maximum Gasteiger partial charge on any atom is 0.240 e. The first-order chi connectivity index (χ1) is 11.2. The summed E-state index contributed by atoms with van der Waals surface area (Å²) in [5.41, 5.74) is 5.15. The van der Waals surface area contributed by atoms with Gasteiger partial charge in [-0.05, 0) is 32.2 Å². The number of hydrogen-bond donors (Lipinski definition) is 2. The smallest absolute Gasteiger partial charge is 0.240 e. The van der Waals surface area contributed by atoms with Crippen LogP contribution < -0.4 is 11.1 Å². The number of carbonyl (C=O) groups excluding carboxylic acids is 3. The van der Waals surface area contributed by atoms with Crippen LogP contribution in [0.15, 0.2) is 0 Å². The monoisotopic (exact) mass is 360 g/mol. The Labute approximate surface area is 143 Å². The summed E-state index contributed by atoms with van der Waals surface area (Å²) in [7, 11) is -3.90. The average Bonchev–Trinajstić information content (AvgIpc) is 2.69. The van der Waals surface area contributed by atoms with E-state index in [-0.39, 0.29) is 24.5 Å². The van der Waals surface area contributed by atoms with E-state index < -0.39 is 33.8 Å². The van der Waals surface area contributed by atoms with E-state index in [1.54, 1.807) is 13.8 Å². The first kappa shape index (κ1) is 20.6. The molecular formula is C15H26N3O5S. The Morgan fingerprint density at radius 1 is 1.46 bits per heavy atom. The highest BCUT2D eigenvalue weighted by molar-refractivity contribution is 7.89. The number of nitrogens with zero attached hydrogens (tertiary/aromatic N) is 1. The van der Waals surface area contributed by atoms with Crippen LogP contribution in [0.25, 0.3) is 0 Å². The maximum atomic E-state index is 12.5. The molecule has 0 aromatic rings. The normalized spacial score (nSPS) is 20.2. The summed E-state index contributed by atoms with van der Waals surface area (Å²) in [5, 5.41) is 2.92. The summed E-state index contributed by atoms with van der Waals surface area (Å²) >= 11 is 0. The molecule has 0 aromatic carbocycles. The molecule has 9 heteroatoms. The van der Waals surface area contributed by atoms with Crippen molar-refractivity contribution in [2.75, 3.05) is 18.8 Å². The molecule has 1 fully saturated rings. The lowest BCUT2D eigenvalue weighted by Crippen LogP contribution is -2.50. The van der Waals surface area contributed by atoms with Crippen LogP contribution in [-0.4, -0.2) is 55.2 Å². The van der Waals surface area contributed by atoms with Gasteiger partial charge in [0.05, 0.1) is 18.7 Å². The standard InChI is InChI=1S/C15H26N3O5S/c1-3-9-24(22,23)18(12-5-4-8-17-10-13(12)19)14(20)7-6-11(2)15(16)21/h7,11-12,17H,3-6,8-10H2,1-2H3,(H2,16,21)/t11?,12-/m0/s1. The second kappa shape index (κ2) is 9.12. The molecule has 1 unspecified atom stereocenters. The molecule has 0 aliphatic carbocycles. The number of carbonyl (C=O) groups is 3. The summed E-state index contributed by atoms with van der Waals surface area (Å²) in [6.07, 6.45) is 2.39. The number of nitrogens with two attached hydrogens (primary N) is 1. The van der Waals surface area contributed by atoms with Crippen molar-refractivity contribution in [3.8, 4) is 0 Å². The van der Waals surface area contributed by atoms with Gasteiger partial charge in [-0.1, -0.05) is 13.8 Å². The molecular weight excluding hydrogens is 334 g/mol. The van der Waals surface area contributed by atoms with E-state index in [0.717, 1.165) is 6.42 Å². The Hall–Kier alpha value is -1.48. The van der Waals surface area contributed by atoms with Gasteiger partial charge in [0.1, 0.15) is 6.04 Å². The Morgan fingerprint density at radius 2 is 2.12 bits per heavy atom. The summed E-state index contributed by atoms with van der Waals surface area (Å²) in [4.78, 5) is 35.8. The van der Waals surface area contributed by atoms with Crippen LogP contribution in [0.1, 0.15) is 39.5 Å². The summed E-state index contributed by atoms with van der Waals surface area (Å²) in [6, 6.07) is -0.996. The van der Waals surface area contributed by atoms with Crippen molar-refractivity contribution in [1.82, 2.24) is 9.62 Å². The number of ketones is 1. The number of amides is 2. The fourth-order valence-corrected chi connectivity index (χ4v) is 4.16. The van der Waals surface area contributed by atoms with Crippen molar-refractivity contribution in [3.63, 3.8) is 0 Å². The van der Waals surface area contributed by atoms with Crippen LogP contribution in [0.4, 0.5) is 0 Å². The number of Topliss-reactive ketones (excluding diaryl/α,β-unsaturated/α-hetero) is 1. The van der Waals surface area contributed by atoms with Gasteiger partial charge >= 0.3 is 0 Å². The fraction of sp³-hybridized carbons (Fsp3) is 0.733. The Balaban J connectivity index is 3.02. The Morgan fingerprint density at radius 3 is 2.71 bits per heavy atom. The molecule has 0 spiro atoms. The first-order valence-electron chi connectivity index (χ1n) is 8.12. The molecule has 0 aromatic heterocycles. The van der Waals surface area contributed by atoms with E-state index >= 15 is 0 Å². The molecule has 1 radical (unpaired) electrons. The van der Waals surface area contributed by atoms with Gasteiger partial charge in [-0.25, -0.2) is 12.7 Å². The van der Waals surface area contributed by atoms with E-state index in [2.05, 4.69) is 5.32 Å². The zero-order valence-electron chi connectivity index (χ0n) is 14.2. The van der Waals surface area contributed by atoms with Crippen molar-refractivity contribution in [3.05, 3.63) is 6.42 Å². The van der Waals surface area contributed by atoms with Crippen LogP contribution in [0, 0.1) is 12.3 Å². The topological polar surface area (TPSA) is 127 Å². The molecule has 8 nitrogen and oxygen atoms in total. The molecule has 3 N–H and O–H groups in total. The minimum Gasteiger partial charge on any atom is -0.369 e. The Kier molecular flexibility index (Phi) is 7.82. The molecule has 24 heavy (non-hydrogen) atoms. The van der Waals surface area contributed by atoms with Gasteiger partial charge < -0.3 is 11.1 Å². The summed E-state index contributed by atoms with van der Waals surface area (Å²) < 4.78 is 25.8. The highest BCUT2D eigenvalue weighted by Crippen LogP contribution is 2.19. The summed E-state index contributed by atoms with van der Waals surface area (Å²) in [6.45, 7) is 3.88. The van der Waals surface area contributed by atoms with E-state index in [9.17, 15) is 22.8 Å². The Bertz CT molecular complexity index is 576. The second-order valence-electron chi connectivity index (χ2n) is 5.99. The third-order valence-corrected chi connectivity index (χ3v) is 5.85. The van der Waals surface area contributed by atoms with Gasteiger partial charge in [0, 0.05) is 5.92 Å².